The summed E-state index contributed by atoms with van der Waals surface area (Å²) in [4.78, 5) is 2.53. The Balaban J connectivity index is 1.69. The third-order valence-corrected chi connectivity index (χ3v) is 6.08. The van der Waals surface area contributed by atoms with Gasteiger partial charge in [-0.2, -0.15) is 0 Å². The lowest BCUT2D eigenvalue weighted by Gasteiger charge is -2.37. The molecule has 0 spiro atoms. The number of hydrogen-bond acceptors (Lipinski definition) is 4. The number of rotatable bonds is 4. The van der Waals surface area contributed by atoms with Crippen LogP contribution in [0.3, 0.4) is 0 Å². The third-order valence-electron chi connectivity index (χ3n) is 4.31. The normalized spacial score (nSPS) is 36.9. The predicted octanol–water partition coefficient (Wildman–Crippen LogP) is 0.884. The van der Waals surface area contributed by atoms with Gasteiger partial charge in [0.2, 0.25) is 0 Å². The number of nitrogens with one attached hydrogen (secondary N) is 1. The highest BCUT2D eigenvalue weighted by atomic mass is 32.2. The smallest absolute Gasteiger partial charge is 0.151 e. The van der Waals surface area contributed by atoms with E-state index in [0.29, 0.717) is 17.5 Å². The van der Waals surface area contributed by atoms with Gasteiger partial charge in [-0.1, -0.05) is 6.92 Å². The van der Waals surface area contributed by atoms with E-state index in [9.17, 15) is 8.42 Å². The Hall–Kier alpha value is -0.130. The topological polar surface area (TPSA) is 49.4 Å². The highest BCUT2D eigenvalue weighted by Crippen LogP contribution is 2.20. The molecule has 2 saturated heterocycles. The highest BCUT2D eigenvalue weighted by Gasteiger charge is 2.28. The van der Waals surface area contributed by atoms with Crippen molar-refractivity contribution >= 4 is 9.84 Å². The van der Waals surface area contributed by atoms with Crippen LogP contribution in [0.2, 0.25) is 0 Å². The van der Waals surface area contributed by atoms with Gasteiger partial charge >= 0.3 is 0 Å². The minimum atomic E-state index is -2.75. The Morgan fingerprint density at radius 3 is 2.67 bits per heavy atom. The van der Waals surface area contributed by atoms with E-state index in [2.05, 4.69) is 24.1 Å². The zero-order valence-corrected chi connectivity index (χ0v) is 12.4. The van der Waals surface area contributed by atoms with Crippen molar-refractivity contribution in [3.63, 3.8) is 0 Å². The van der Waals surface area contributed by atoms with E-state index in [4.69, 9.17) is 0 Å². The fraction of sp³-hybridized carbons (Fsp3) is 1.00. The molecule has 0 aromatic heterocycles. The van der Waals surface area contributed by atoms with Crippen LogP contribution < -0.4 is 5.32 Å². The summed E-state index contributed by atoms with van der Waals surface area (Å²) in [6, 6.07) is 0.864. The van der Waals surface area contributed by atoms with Crippen LogP contribution >= 0.6 is 0 Å². The fourth-order valence-corrected chi connectivity index (χ4v) is 4.77. The Morgan fingerprint density at radius 2 is 2.00 bits per heavy atom. The van der Waals surface area contributed by atoms with Crippen LogP contribution in [-0.2, 0) is 9.84 Å². The first-order valence-electron chi connectivity index (χ1n) is 7.14. The van der Waals surface area contributed by atoms with Gasteiger partial charge in [-0.05, 0) is 32.1 Å². The molecule has 0 amide bonds. The second-order valence-electron chi connectivity index (χ2n) is 6.08. The minimum absolute atomic E-state index is 0.188. The minimum Gasteiger partial charge on any atom is -0.312 e. The molecule has 4 nitrogen and oxygen atoms in total. The van der Waals surface area contributed by atoms with E-state index >= 15 is 0 Å². The lowest BCUT2D eigenvalue weighted by molar-refractivity contribution is 0.125. The molecule has 0 aromatic rings. The summed E-state index contributed by atoms with van der Waals surface area (Å²) >= 11 is 0. The molecule has 0 saturated carbocycles. The molecule has 5 heteroatoms. The average Bonchev–Trinajstić information content (AvgIpc) is 2.63. The molecule has 1 N–H and O–H groups in total. The summed E-state index contributed by atoms with van der Waals surface area (Å²) in [5, 5.41) is 3.40. The Morgan fingerprint density at radius 1 is 1.22 bits per heavy atom. The zero-order chi connectivity index (χ0) is 13.2. The lowest BCUT2D eigenvalue weighted by atomic mass is 9.95. The fourth-order valence-electron chi connectivity index (χ4n) is 3.06. The van der Waals surface area contributed by atoms with Crippen molar-refractivity contribution in [2.45, 2.75) is 45.2 Å². The molecule has 2 rings (SSSR count). The van der Waals surface area contributed by atoms with Gasteiger partial charge in [-0.25, -0.2) is 8.42 Å². The van der Waals surface area contributed by atoms with Crippen LogP contribution in [0.5, 0.6) is 0 Å². The molecule has 2 aliphatic heterocycles. The molecule has 0 radical (unpaired) electrons. The van der Waals surface area contributed by atoms with Crippen molar-refractivity contribution in [1.82, 2.24) is 10.2 Å². The maximum atomic E-state index is 11.4. The van der Waals surface area contributed by atoms with Crippen molar-refractivity contribution < 1.29 is 8.42 Å². The summed E-state index contributed by atoms with van der Waals surface area (Å²) in [5.74, 6) is 1.49. The van der Waals surface area contributed by atoms with Gasteiger partial charge in [0.05, 0.1) is 11.5 Å². The number of hydrogen-bond donors (Lipinski definition) is 1. The summed E-state index contributed by atoms with van der Waals surface area (Å²) in [5.41, 5.74) is 0. The molecule has 3 atom stereocenters. The van der Waals surface area contributed by atoms with Gasteiger partial charge in [-0.15, -0.1) is 0 Å². The number of sulfone groups is 1. The maximum Gasteiger partial charge on any atom is 0.151 e. The van der Waals surface area contributed by atoms with Crippen LogP contribution in [0.25, 0.3) is 0 Å². The van der Waals surface area contributed by atoms with E-state index in [1.807, 2.05) is 0 Å². The Kier molecular flexibility index (Phi) is 4.67. The molecule has 0 aliphatic carbocycles. The summed E-state index contributed by atoms with van der Waals surface area (Å²) in [7, 11) is -2.75. The number of nitrogens with zero attached hydrogens (tertiary/aromatic N) is 1. The van der Waals surface area contributed by atoms with Crippen LogP contribution in [0.4, 0.5) is 0 Å². The first-order chi connectivity index (χ1) is 8.46. The van der Waals surface area contributed by atoms with Crippen LogP contribution in [0, 0.1) is 5.92 Å². The summed E-state index contributed by atoms with van der Waals surface area (Å²) < 4.78 is 22.7. The standard InChI is InChI=1S/C13H26N2O2S/c1-11-3-4-12(2)15(9-11)7-6-14-13-5-8-18(16,17)10-13/h11-14H,3-10H2,1-2H3. The molecule has 2 fully saturated rings. The molecule has 0 aromatic carbocycles. The molecule has 3 unspecified atom stereocenters. The first kappa shape index (κ1) is 14.3. The van der Waals surface area contributed by atoms with Gasteiger partial charge in [0, 0.05) is 31.7 Å². The van der Waals surface area contributed by atoms with Crippen LogP contribution in [-0.4, -0.2) is 56.5 Å². The van der Waals surface area contributed by atoms with Gasteiger partial charge < -0.3 is 5.32 Å². The molecule has 0 bridgehead atoms. The van der Waals surface area contributed by atoms with Gasteiger partial charge in [0.25, 0.3) is 0 Å². The number of likely N-dealkylation sites (tertiary alicyclic amines) is 1. The van der Waals surface area contributed by atoms with Gasteiger partial charge in [0.1, 0.15) is 0 Å². The van der Waals surface area contributed by atoms with Crippen molar-refractivity contribution in [2.75, 3.05) is 31.1 Å². The maximum absolute atomic E-state index is 11.4. The van der Waals surface area contributed by atoms with Gasteiger partial charge in [0.15, 0.2) is 9.84 Å². The second-order valence-corrected chi connectivity index (χ2v) is 8.31. The van der Waals surface area contributed by atoms with E-state index in [1.54, 1.807) is 0 Å². The Labute approximate surface area is 111 Å². The predicted molar refractivity (Wildman–Crippen MR) is 74.5 cm³/mol. The second kappa shape index (κ2) is 5.88. The summed E-state index contributed by atoms with van der Waals surface area (Å²) in [6.45, 7) is 7.76. The van der Waals surface area contributed by atoms with E-state index in [-0.39, 0.29) is 6.04 Å². The lowest BCUT2D eigenvalue weighted by Crippen LogP contribution is -2.45. The van der Waals surface area contributed by atoms with E-state index in [1.165, 1.54) is 19.4 Å². The molecule has 2 heterocycles. The molecule has 18 heavy (non-hydrogen) atoms. The largest absolute Gasteiger partial charge is 0.312 e. The van der Waals surface area contributed by atoms with Crippen LogP contribution in [0.15, 0.2) is 0 Å². The first-order valence-corrected chi connectivity index (χ1v) is 8.96. The quantitative estimate of drug-likeness (QED) is 0.827. The zero-order valence-electron chi connectivity index (χ0n) is 11.6. The molecular weight excluding hydrogens is 248 g/mol. The van der Waals surface area contributed by atoms with Crippen molar-refractivity contribution in [2.24, 2.45) is 5.92 Å². The molecular formula is C13H26N2O2S. The monoisotopic (exact) mass is 274 g/mol. The van der Waals surface area contributed by atoms with E-state index in [0.717, 1.165) is 25.4 Å². The molecule has 2 aliphatic rings. The molecule has 106 valence electrons. The Bertz CT molecular complexity index is 369. The van der Waals surface area contributed by atoms with Gasteiger partial charge in [-0.3, -0.25) is 4.90 Å². The van der Waals surface area contributed by atoms with Crippen molar-refractivity contribution in [3.05, 3.63) is 0 Å². The van der Waals surface area contributed by atoms with Crippen molar-refractivity contribution in [3.8, 4) is 0 Å². The average molecular weight is 274 g/mol. The van der Waals surface area contributed by atoms with Crippen molar-refractivity contribution in [1.29, 1.82) is 0 Å². The summed E-state index contributed by atoms with van der Waals surface area (Å²) in [6.07, 6.45) is 3.42. The third kappa shape index (κ3) is 3.93. The number of piperidine rings is 1. The highest BCUT2D eigenvalue weighted by molar-refractivity contribution is 7.91. The SMILES string of the molecule is CC1CCC(C)N(CCNC2CCS(=O)(=O)C2)C1. The van der Waals surface area contributed by atoms with E-state index < -0.39 is 9.84 Å². The van der Waals surface area contributed by atoms with Crippen LogP contribution in [0.1, 0.15) is 33.1 Å².